The van der Waals surface area contributed by atoms with Crippen LogP contribution in [0.5, 0.6) is 5.75 Å². The Morgan fingerprint density at radius 1 is 0.891 bits per heavy atom. The number of imide groups is 1. The van der Waals surface area contributed by atoms with Gasteiger partial charge >= 0.3 is 12.1 Å². The first-order valence-corrected chi connectivity index (χ1v) is 17.7. The molecule has 9 amide bonds. The zero-order chi connectivity index (χ0) is 40.9. The zero-order valence-electron chi connectivity index (χ0n) is 31.9. The third kappa shape index (κ3) is 17.3. The van der Waals surface area contributed by atoms with Crippen molar-refractivity contribution in [2.45, 2.75) is 51.8 Å². The second-order valence-corrected chi connectivity index (χ2v) is 12.9. The molecule has 2 rings (SSSR count). The van der Waals surface area contributed by atoms with Crippen LogP contribution in [0.15, 0.2) is 30.4 Å². The molecule has 304 valence electrons. The summed E-state index contributed by atoms with van der Waals surface area (Å²) in [6.07, 6.45) is 1.97. The molecule has 0 fully saturated rings. The quantitative estimate of drug-likeness (QED) is 0.0490. The van der Waals surface area contributed by atoms with Gasteiger partial charge in [-0.2, -0.15) is 0 Å². The number of carbonyl (C=O) groups excluding carboxylic acids is 8. The van der Waals surface area contributed by atoms with Crippen molar-refractivity contribution in [3.05, 3.63) is 35.9 Å². The number of nitrogens with one attached hydrogen (secondary N) is 6. The van der Waals surface area contributed by atoms with Crippen LogP contribution in [0, 0.1) is 5.92 Å². The molecule has 0 spiro atoms. The molecular weight excluding hydrogens is 722 g/mol. The van der Waals surface area contributed by atoms with Gasteiger partial charge in [-0.25, -0.2) is 9.59 Å². The summed E-state index contributed by atoms with van der Waals surface area (Å²) in [5.74, 6) is -2.85. The molecule has 1 aromatic carbocycles. The molecule has 2 atom stereocenters. The van der Waals surface area contributed by atoms with Crippen molar-refractivity contribution in [3.8, 4) is 5.75 Å². The Morgan fingerprint density at radius 3 is 2.24 bits per heavy atom. The number of rotatable bonds is 24. The first-order chi connectivity index (χ1) is 26.1. The molecule has 1 heterocycles. The first-order valence-electron chi connectivity index (χ1n) is 17.7. The van der Waals surface area contributed by atoms with Crippen LogP contribution in [0.25, 0.3) is 0 Å². The lowest BCUT2D eigenvalue weighted by molar-refractivity contribution is -0.137. The molecule has 1 aliphatic rings. The van der Waals surface area contributed by atoms with E-state index >= 15 is 0 Å². The summed E-state index contributed by atoms with van der Waals surface area (Å²) in [6, 6.07) is 1.91. The Balaban J connectivity index is 2.05. The van der Waals surface area contributed by atoms with Crippen LogP contribution in [0.3, 0.4) is 0 Å². The van der Waals surface area contributed by atoms with E-state index in [0.717, 1.165) is 17.1 Å². The van der Waals surface area contributed by atoms with Gasteiger partial charge in [-0.05, 0) is 45.0 Å². The van der Waals surface area contributed by atoms with E-state index in [4.69, 9.17) is 19.9 Å². The van der Waals surface area contributed by atoms with Crippen LogP contribution >= 0.6 is 0 Å². The Labute approximate surface area is 319 Å². The summed E-state index contributed by atoms with van der Waals surface area (Å²) >= 11 is 0. The number of likely N-dealkylation sites (N-methyl/N-ethyl adjacent to an activating group) is 1. The lowest BCUT2D eigenvalue weighted by Gasteiger charge is -2.26. The summed E-state index contributed by atoms with van der Waals surface area (Å²) in [7, 11) is 4.84. The van der Waals surface area contributed by atoms with E-state index in [-0.39, 0.29) is 101 Å². The van der Waals surface area contributed by atoms with E-state index in [0.29, 0.717) is 5.56 Å². The highest BCUT2D eigenvalue weighted by atomic mass is 16.6. The number of nitrogens with two attached hydrogens (primary N) is 1. The molecule has 20 nitrogen and oxygen atoms in total. The van der Waals surface area contributed by atoms with Gasteiger partial charge in [0.1, 0.15) is 31.0 Å². The first kappa shape index (κ1) is 45.4. The van der Waals surface area contributed by atoms with Gasteiger partial charge in [-0.3, -0.25) is 33.7 Å². The van der Waals surface area contributed by atoms with Gasteiger partial charge < -0.3 is 56.7 Å². The minimum absolute atomic E-state index is 0.0318. The number of anilines is 1. The number of nitrogens with zero attached hydrogens (tertiary/aromatic N) is 2. The molecule has 1 aliphatic heterocycles. The van der Waals surface area contributed by atoms with Gasteiger partial charge in [-0.15, -0.1) is 0 Å². The van der Waals surface area contributed by atoms with Crippen molar-refractivity contribution in [1.29, 1.82) is 0 Å². The Bertz CT molecular complexity index is 1530. The average molecular weight is 776 g/mol. The third-order valence-corrected chi connectivity index (χ3v) is 7.74. The normalized spacial score (nSPS) is 13.3. The molecule has 0 unspecified atom stereocenters. The average Bonchev–Trinajstić information content (AvgIpc) is 3.44. The molecule has 0 aliphatic carbocycles. The number of benzene rings is 1. The molecule has 0 bridgehead atoms. The smallest absolute Gasteiger partial charge is 0.407 e. The largest absolute Gasteiger partial charge is 0.491 e. The number of urea groups is 1. The maximum absolute atomic E-state index is 13.6. The summed E-state index contributed by atoms with van der Waals surface area (Å²) < 4.78 is 16.6. The number of carbonyl (C=O) groups is 8. The fraction of sp³-hybridized carbons (Fsp3) is 0.543. The van der Waals surface area contributed by atoms with E-state index in [2.05, 4.69) is 31.9 Å². The molecule has 8 N–H and O–H groups in total. The summed E-state index contributed by atoms with van der Waals surface area (Å²) in [4.78, 5) is 100. The van der Waals surface area contributed by atoms with Gasteiger partial charge in [-0.1, -0.05) is 13.8 Å². The summed E-state index contributed by atoms with van der Waals surface area (Å²) in [5.41, 5.74) is 5.91. The predicted molar refractivity (Wildman–Crippen MR) is 198 cm³/mol. The van der Waals surface area contributed by atoms with Crippen molar-refractivity contribution >= 4 is 53.3 Å². The lowest BCUT2D eigenvalue weighted by atomic mass is 10.0. The monoisotopic (exact) mass is 775 g/mol. The van der Waals surface area contributed by atoms with Crippen LogP contribution in [0.2, 0.25) is 0 Å². The highest BCUT2D eigenvalue weighted by molar-refractivity contribution is 6.13. The fourth-order valence-electron chi connectivity index (χ4n) is 4.95. The Kier molecular flexibility index (Phi) is 19.7. The number of hydrogen-bond acceptors (Lipinski definition) is 12. The number of hydrogen-bond donors (Lipinski definition) is 7. The highest BCUT2D eigenvalue weighted by Crippen LogP contribution is 2.25. The maximum Gasteiger partial charge on any atom is 0.407 e. The predicted octanol–water partition coefficient (Wildman–Crippen LogP) is -1.06. The van der Waals surface area contributed by atoms with Gasteiger partial charge in [0.15, 0.2) is 0 Å². The van der Waals surface area contributed by atoms with Crippen molar-refractivity contribution in [2.24, 2.45) is 11.7 Å². The van der Waals surface area contributed by atoms with Crippen LogP contribution in [0.4, 0.5) is 15.3 Å². The van der Waals surface area contributed by atoms with Gasteiger partial charge in [0, 0.05) is 62.6 Å². The van der Waals surface area contributed by atoms with Crippen LogP contribution in [-0.2, 0) is 44.8 Å². The molecule has 0 saturated carbocycles. The number of primary amides is 1. The maximum atomic E-state index is 13.6. The standard InChI is InChI=1S/C35H53N9O11/c1-22(2)31(42-28(46)20-43(4)5)33(50)41-25(7-6-13-39-34(36)51)32(49)40-24-9-8-23(21-55-35(52)37-3)26(19-24)54-18-17-53-16-14-38-27(45)12-15-44-29(47)10-11-30(44)48/h8-11,19,22,25,31H,6-7,12-18,20-21H2,1-5H3,(H,37,52)(H,38,45)(H,40,49)(H,41,50)(H,42,46)(H3,36,39,51)/t25-,31-/m0/s1. The second kappa shape index (κ2) is 23.8. The summed E-state index contributed by atoms with van der Waals surface area (Å²) in [5, 5.41) is 15.6. The third-order valence-electron chi connectivity index (χ3n) is 7.74. The topological polar surface area (TPSA) is 269 Å². The Morgan fingerprint density at radius 2 is 1.60 bits per heavy atom. The van der Waals surface area contributed by atoms with Crippen LogP contribution < -0.4 is 42.4 Å². The number of alkyl carbamates (subject to hydrolysis) is 1. The lowest BCUT2D eigenvalue weighted by Crippen LogP contribution is -2.55. The molecule has 1 aromatic rings. The van der Waals surface area contributed by atoms with E-state index < -0.39 is 47.8 Å². The highest BCUT2D eigenvalue weighted by Gasteiger charge is 2.29. The van der Waals surface area contributed by atoms with Gasteiger partial charge in [0.25, 0.3) is 11.8 Å². The minimum Gasteiger partial charge on any atom is -0.491 e. The SMILES string of the molecule is CNC(=O)OCc1ccc(NC(=O)[C@H](CCCNC(N)=O)NC(=O)[C@@H](NC(=O)CN(C)C)C(C)C)cc1OCCOCCNC(=O)CCN1C(=O)C=CC1=O. The van der Waals surface area contributed by atoms with Crippen molar-refractivity contribution in [3.63, 3.8) is 0 Å². The van der Waals surface area contributed by atoms with Crippen molar-refractivity contribution in [2.75, 3.05) is 72.5 Å². The molecule has 0 radical (unpaired) electrons. The molecular formula is C35H53N9O11. The molecule has 0 saturated heterocycles. The van der Waals surface area contributed by atoms with E-state index in [1.165, 1.54) is 13.1 Å². The van der Waals surface area contributed by atoms with Crippen molar-refractivity contribution in [1.82, 2.24) is 36.4 Å². The summed E-state index contributed by atoms with van der Waals surface area (Å²) in [6.45, 7) is 3.97. The minimum atomic E-state index is -1.08. The second-order valence-electron chi connectivity index (χ2n) is 12.9. The fourth-order valence-corrected chi connectivity index (χ4v) is 4.95. The van der Waals surface area contributed by atoms with Gasteiger partial charge in [0.05, 0.1) is 19.8 Å². The number of amides is 9. The molecule has 0 aromatic heterocycles. The number of ether oxygens (including phenoxy) is 3. The zero-order valence-corrected chi connectivity index (χ0v) is 31.9. The molecule has 55 heavy (non-hydrogen) atoms. The van der Waals surface area contributed by atoms with Gasteiger partial charge in [0.2, 0.25) is 23.6 Å². The van der Waals surface area contributed by atoms with Crippen LogP contribution in [-0.4, -0.2) is 137 Å². The van der Waals surface area contributed by atoms with Crippen molar-refractivity contribution < 1.29 is 52.6 Å². The Hall–Kier alpha value is -5.76. The molecule has 20 heteroatoms. The van der Waals surface area contributed by atoms with E-state index in [9.17, 15) is 38.4 Å². The van der Waals surface area contributed by atoms with Crippen LogP contribution in [0.1, 0.15) is 38.7 Å². The van der Waals surface area contributed by atoms with E-state index in [1.807, 2.05) is 0 Å². The van der Waals surface area contributed by atoms with E-state index in [1.54, 1.807) is 45.0 Å².